The zero-order valence-corrected chi connectivity index (χ0v) is 15.3. The number of fused-ring (bicyclic) bond motifs is 1. The van der Waals surface area contributed by atoms with Crippen LogP contribution >= 0.6 is 0 Å². The van der Waals surface area contributed by atoms with Crippen molar-refractivity contribution < 1.29 is 19.4 Å². The molecule has 3 rings (SSSR count). The normalized spacial score (nSPS) is 21.3. The summed E-state index contributed by atoms with van der Waals surface area (Å²) in [6.45, 7) is 0.539. The second-order valence-electron chi connectivity index (χ2n) is 7.61. The van der Waals surface area contributed by atoms with E-state index in [-0.39, 0.29) is 24.3 Å². The van der Waals surface area contributed by atoms with Crippen LogP contribution in [0.1, 0.15) is 69.3 Å². The van der Waals surface area contributed by atoms with Crippen LogP contribution in [-0.4, -0.2) is 29.6 Å². The Balaban J connectivity index is 1.65. The quantitative estimate of drug-likeness (QED) is 0.775. The van der Waals surface area contributed by atoms with Crippen LogP contribution in [0.4, 0.5) is 0 Å². The molecule has 1 aliphatic carbocycles. The highest BCUT2D eigenvalue weighted by Crippen LogP contribution is 2.34. The first-order valence-electron chi connectivity index (χ1n) is 9.87. The van der Waals surface area contributed by atoms with Gasteiger partial charge in [-0.15, -0.1) is 0 Å². The average molecular weight is 359 g/mol. The molecule has 0 radical (unpaired) electrons. The van der Waals surface area contributed by atoms with Gasteiger partial charge in [0.05, 0.1) is 12.5 Å². The summed E-state index contributed by atoms with van der Waals surface area (Å²) in [6, 6.07) is 7.64. The van der Waals surface area contributed by atoms with Crippen molar-refractivity contribution >= 4 is 11.9 Å². The molecule has 1 saturated carbocycles. The summed E-state index contributed by atoms with van der Waals surface area (Å²) in [7, 11) is 0. The number of carbonyl (C=O) groups is 2. The molecule has 2 aliphatic rings. The molecule has 0 aromatic heterocycles. The Morgan fingerprint density at radius 2 is 1.92 bits per heavy atom. The Morgan fingerprint density at radius 1 is 1.15 bits per heavy atom. The van der Waals surface area contributed by atoms with Crippen molar-refractivity contribution in [2.24, 2.45) is 5.92 Å². The number of amides is 1. The maximum absolute atomic E-state index is 12.9. The van der Waals surface area contributed by atoms with E-state index in [0.29, 0.717) is 25.4 Å². The average Bonchev–Trinajstić information content (AvgIpc) is 2.66. The first-order chi connectivity index (χ1) is 12.6. The zero-order chi connectivity index (χ0) is 18.4. The monoisotopic (exact) mass is 359 g/mol. The minimum Gasteiger partial charge on any atom is -0.493 e. The number of benzene rings is 1. The van der Waals surface area contributed by atoms with E-state index >= 15 is 0 Å². The second kappa shape index (κ2) is 9.06. The fourth-order valence-electron chi connectivity index (χ4n) is 4.29. The van der Waals surface area contributed by atoms with Gasteiger partial charge in [-0.25, -0.2) is 0 Å². The van der Waals surface area contributed by atoms with Crippen molar-refractivity contribution in [3.05, 3.63) is 29.8 Å². The lowest BCUT2D eigenvalue weighted by molar-refractivity contribution is -0.137. The highest BCUT2D eigenvalue weighted by atomic mass is 16.5. The largest absolute Gasteiger partial charge is 0.493 e. The minimum absolute atomic E-state index is 0.00643. The van der Waals surface area contributed by atoms with E-state index in [1.54, 1.807) is 0 Å². The number of aliphatic carboxylic acids is 1. The van der Waals surface area contributed by atoms with Gasteiger partial charge in [0, 0.05) is 18.0 Å². The number of ether oxygens (including phenoxy) is 1. The maximum Gasteiger partial charge on any atom is 0.303 e. The van der Waals surface area contributed by atoms with Gasteiger partial charge in [0.15, 0.2) is 0 Å². The lowest BCUT2D eigenvalue weighted by Crippen LogP contribution is -2.41. The number of rotatable bonds is 7. The van der Waals surface area contributed by atoms with Crippen molar-refractivity contribution in [2.75, 3.05) is 6.61 Å². The van der Waals surface area contributed by atoms with Gasteiger partial charge in [-0.3, -0.25) is 9.59 Å². The predicted molar refractivity (Wildman–Crippen MR) is 99.3 cm³/mol. The summed E-state index contributed by atoms with van der Waals surface area (Å²) in [5, 5.41) is 12.2. The zero-order valence-electron chi connectivity index (χ0n) is 15.3. The third kappa shape index (κ3) is 4.99. The summed E-state index contributed by atoms with van der Waals surface area (Å²) in [5.41, 5.74) is 0.936. The molecular weight excluding hydrogens is 330 g/mol. The molecule has 142 valence electrons. The topological polar surface area (TPSA) is 75.6 Å². The first kappa shape index (κ1) is 18.7. The maximum atomic E-state index is 12.9. The molecule has 1 aromatic rings. The Morgan fingerprint density at radius 3 is 2.69 bits per heavy atom. The first-order valence-corrected chi connectivity index (χ1v) is 9.87. The molecule has 1 fully saturated rings. The van der Waals surface area contributed by atoms with Crippen LogP contribution in [0.2, 0.25) is 0 Å². The van der Waals surface area contributed by atoms with E-state index in [0.717, 1.165) is 17.7 Å². The van der Waals surface area contributed by atoms with E-state index in [2.05, 4.69) is 5.32 Å². The van der Waals surface area contributed by atoms with Crippen molar-refractivity contribution in [2.45, 2.75) is 69.7 Å². The highest BCUT2D eigenvalue weighted by Gasteiger charge is 2.29. The third-order valence-electron chi connectivity index (χ3n) is 5.67. The van der Waals surface area contributed by atoms with Crippen LogP contribution in [0.25, 0.3) is 0 Å². The van der Waals surface area contributed by atoms with E-state index in [4.69, 9.17) is 9.84 Å². The van der Waals surface area contributed by atoms with Crippen molar-refractivity contribution in [3.8, 4) is 5.75 Å². The van der Waals surface area contributed by atoms with Crippen LogP contribution in [0, 0.1) is 5.92 Å². The van der Waals surface area contributed by atoms with Gasteiger partial charge in [-0.05, 0) is 31.2 Å². The standard InChI is InChI=1S/C21H29NO4/c23-20(24)11-10-16(14-15-6-2-1-3-7-15)22-21(25)18-12-13-26-19-9-5-4-8-17(18)19/h4-5,8-9,15-16,18H,1-3,6-7,10-14H2,(H,22,25)(H,23,24). The number of hydrogen-bond donors (Lipinski definition) is 2. The number of para-hydroxylation sites is 1. The Bertz CT molecular complexity index is 624. The molecule has 1 heterocycles. The van der Waals surface area contributed by atoms with E-state index in [9.17, 15) is 9.59 Å². The molecule has 0 bridgehead atoms. The lowest BCUT2D eigenvalue weighted by Gasteiger charge is -2.30. The SMILES string of the molecule is O=C(O)CCC(CC1CCCCC1)NC(=O)C1CCOc2ccccc21. The van der Waals surface area contributed by atoms with Gasteiger partial charge in [0.1, 0.15) is 5.75 Å². The molecular formula is C21H29NO4. The molecule has 2 N–H and O–H groups in total. The Hall–Kier alpha value is -2.04. The minimum atomic E-state index is -0.802. The van der Waals surface area contributed by atoms with Crippen molar-refractivity contribution in [3.63, 3.8) is 0 Å². The highest BCUT2D eigenvalue weighted by molar-refractivity contribution is 5.85. The molecule has 1 amide bonds. The van der Waals surface area contributed by atoms with E-state index in [1.807, 2.05) is 24.3 Å². The molecule has 1 aliphatic heterocycles. The van der Waals surface area contributed by atoms with Crippen molar-refractivity contribution in [1.29, 1.82) is 0 Å². The summed E-state index contributed by atoms with van der Waals surface area (Å²) >= 11 is 0. The van der Waals surface area contributed by atoms with Gasteiger partial charge in [-0.1, -0.05) is 50.3 Å². The van der Waals surface area contributed by atoms with Gasteiger partial charge >= 0.3 is 5.97 Å². The number of hydrogen-bond acceptors (Lipinski definition) is 3. The molecule has 26 heavy (non-hydrogen) atoms. The van der Waals surface area contributed by atoms with Crippen LogP contribution in [0.3, 0.4) is 0 Å². The Kier molecular flexibility index (Phi) is 6.53. The van der Waals surface area contributed by atoms with Crippen LogP contribution in [0.15, 0.2) is 24.3 Å². The van der Waals surface area contributed by atoms with Crippen LogP contribution in [-0.2, 0) is 9.59 Å². The molecule has 1 aromatic carbocycles. The summed E-state index contributed by atoms with van der Waals surface area (Å²) in [6.07, 6.45) is 8.34. The third-order valence-corrected chi connectivity index (χ3v) is 5.67. The molecule has 0 saturated heterocycles. The van der Waals surface area contributed by atoms with Gasteiger partial charge in [0.2, 0.25) is 5.91 Å². The lowest BCUT2D eigenvalue weighted by atomic mass is 9.83. The molecule has 5 heteroatoms. The predicted octanol–water partition coefficient (Wildman–Crippen LogP) is 3.87. The number of carbonyl (C=O) groups excluding carboxylic acids is 1. The summed E-state index contributed by atoms with van der Waals surface area (Å²) in [5.74, 6) is 0.382. The van der Waals surface area contributed by atoms with Crippen LogP contribution < -0.4 is 10.1 Å². The van der Waals surface area contributed by atoms with Gasteiger partial charge in [0.25, 0.3) is 0 Å². The van der Waals surface area contributed by atoms with E-state index in [1.165, 1.54) is 32.1 Å². The summed E-state index contributed by atoms with van der Waals surface area (Å²) < 4.78 is 5.65. The second-order valence-corrected chi connectivity index (χ2v) is 7.61. The number of carboxylic acids is 1. The van der Waals surface area contributed by atoms with Gasteiger partial charge in [-0.2, -0.15) is 0 Å². The molecule has 2 unspecified atom stereocenters. The van der Waals surface area contributed by atoms with Gasteiger partial charge < -0.3 is 15.2 Å². The Labute approximate surface area is 155 Å². The molecule has 2 atom stereocenters. The van der Waals surface area contributed by atoms with E-state index < -0.39 is 5.97 Å². The summed E-state index contributed by atoms with van der Waals surface area (Å²) in [4.78, 5) is 24.0. The van der Waals surface area contributed by atoms with Crippen molar-refractivity contribution in [1.82, 2.24) is 5.32 Å². The number of carboxylic acid groups (broad SMARTS) is 1. The fraction of sp³-hybridized carbons (Fsp3) is 0.619. The number of nitrogens with one attached hydrogen (secondary N) is 1. The fourth-order valence-corrected chi connectivity index (χ4v) is 4.29. The molecule has 0 spiro atoms. The smallest absolute Gasteiger partial charge is 0.303 e. The van der Waals surface area contributed by atoms with Crippen LogP contribution in [0.5, 0.6) is 5.75 Å². The molecule has 5 nitrogen and oxygen atoms in total.